The second-order valence-corrected chi connectivity index (χ2v) is 5.39. The molecule has 0 bridgehead atoms. The van der Waals surface area contributed by atoms with Crippen molar-refractivity contribution < 1.29 is 9.90 Å². The van der Waals surface area contributed by atoms with Crippen molar-refractivity contribution in [1.29, 1.82) is 0 Å². The zero-order chi connectivity index (χ0) is 16.4. The van der Waals surface area contributed by atoms with E-state index in [1.807, 2.05) is 42.9 Å². The smallest absolute Gasteiger partial charge is 0.255 e. The van der Waals surface area contributed by atoms with E-state index in [1.54, 1.807) is 18.3 Å². The summed E-state index contributed by atoms with van der Waals surface area (Å²) in [5.41, 5.74) is 3.13. The van der Waals surface area contributed by atoms with Crippen LogP contribution in [0.3, 0.4) is 0 Å². The lowest BCUT2D eigenvalue weighted by molar-refractivity contribution is 0.102. The Bertz CT molecular complexity index is 851. The van der Waals surface area contributed by atoms with Gasteiger partial charge in [-0.05, 0) is 42.8 Å². The average Bonchev–Trinajstić information content (AvgIpc) is 2.96. The number of anilines is 1. The van der Waals surface area contributed by atoms with Gasteiger partial charge < -0.3 is 15.0 Å². The summed E-state index contributed by atoms with van der Waals surface area (Å²) in [5.74, 6) is 0.754. The number of hydrogen-bond donors (Lipinski definition) is 2. The fourth-order valence-corrected chi connectivity index (χ4v) is 2.35. The lowest BCUT2D eigenvalue weighted by atomic mass is 10.1. The number of rotatable bonds is 3. The Morgan fingerprint density at radius 2 is 1.91 bits per heavy atom. The van der Waals surface area contributed by atoms with Crippen LogP contribution in [0.1, 0.15) is 15.9 Å². The average molecular weight is 307 g/mol. The van der Waals surface area contributed by atoms with E-state index in [-0.39, 0.29) is 11.7 Å². The summed E-state index contributed by atoms with van der Waals surface area (Å²) >= 11 is 0. The van der Waals surface area contributed by atoms with Gasteiger partial charge in [0.15, 0.2) is 0 Å². The van der Waals surface area contributed by atoms with Crippen molar-refractivity contribution in [2.75, 3.05) is 5.32 Å². The topological polar surface area (TPSA) is 67.2 Å². The Hall–Kier alpha value is -3.08. The molecule has 0 saturated carbocycles. The highest BCUT2D eigenvalue weighted by atomic mass is 16.3. The molecule has 0 fully saturated rings. The maximum atomic E-state index is 12.3. The molecule has 0 unspecified atom stereocenters. The summed E-state index contributed by atoms with van der Waals surface area (Å²) in [6.45, 7) is 1.94. The van der Waals surface area contributed by atoms with E-state index < -0.39 is 0 Å². The molecule has 0 aliphatic rings. The highest BCUT2D eigenvalue weighted by molar-refractivity contribution is 6.05. The first-order chi connectivity index (χ1) is 11.0. The van der Waals surface area contributed by atoms with Crippen LogP contribution < -0.4 is 5.32 Å². The second-order valence-electron chi connectivity index (χ2n) is 5.39. The van der Waals surface area contributed by atoms with Gasteiger partial charge in [-0.2, -0.15) is 0 Å². The monoisotopic (exact) mass is 307 g/mol. The summed E-state index contributed by atoms with van der Waals surface area (Å²) in [6.07, 6.45) is 3.62. The van der Waals surface area contributed by atoms with Gasteiger partial charge in [0.25, 0.3) is 5.91 Å². The molecule has 0 aliphatic carbocycles. The number of phenolic OH excluding ortho intramolecular Hbond substituents is 1. The van der Waals surface area contributed by atoms with Crippen LogP contribution >= 0.6 is 0 Å². The lowest BCUT2D eigenvalue weighted by Crippen LogP contribution is -2.12. The van der Waals surface area contributed by atoms with Gasteiger partial charge in [0.05, 0.1) is 0 Å². The van der Waals surface area contributed by atoms with Gasteiger partial charge in [0.2, 0.25) is 0 Å². The minimum atomic E-state index is -0.218. The van der Waals surface area contributed by atoms with Crippen molar-refractivity contribution in [2.45, 2.75) is 6.92 Å². The number of amides is 1. The minimum Gasteiger partial charge on any atom is -0.508 e. The van der Waals surface area contributed by atoms with Crippen LogP contribution in [-0.4, -0.2) is 20.6 Å². The third-order valence-electron chi connectivity index (χ3n) is 3.69. The number of carbonyl (C=O) groups is 1. The summed E-state index contributed by atoms with van der Waals surface area (Å²) in [4.78, 5) is 16.7. The zero-order valence-electron chi connectivity index (χ0n) is 12.9. The molecule has 0 atom stereocenters. The number of aryl methyl sites for hydroxylation is 2. The number of aromatic nitrogens is 2. The third kappa shape index (κ3) is 3.08. The van der Waals surface area contributed by atoms with E-state index in [1.165, 1.54) is 12.1 Å². The molecule has 0 aliphatic heterocycles. The summed E-state index contributed by atoms with van der Waals surface area (Å²) in [5, 5.41) is 12.2. The van der Waals surface area contributed by atoms with Crippen LogP contribution in [0.4, 0.5) is 5.69 Å². The van der Waals surface area contributed by atoms with Crippen molar-refractivity contribution in [3.63, 3.8) is 0 Å². The van der Waals surface area contributed by atoms with Crippen molar-refractivity contribution in [1.82, 2.24) is 9.55 Å². The molecule has 1 heterocycles. The molecule has 1 aromatic heterocycles. The first kappa shape index (κ1) is 14.8. The predicted octanol–water partition coefficient (Wildman–Crippen LogP) is 3.35. The lowest BCUT2D eigenvalue weighted by Gasteiger charge is -2.11. The van der Waals surface area contributed by atoms with Crippen molar-refractivity contribution in [3.05, 3.63) is 66.0 Å². The van der Waals surface area contributed by atoms with Crippen molar-refractivity contribution in [3.8, 4) is 17.1 Å². The molecule has 3 aromatic rings. The number of benzene rings is 2. The normalized spacial score (nSPS) is 10.5. The van der Waals surface area contributed by atoms with Crippen LogP contribution in [0.25, 0.3) is 11.4 Å². The Labute approximate surface area is 134 Å². The fraction of sp³-hybridized carbons (Fsp3) is 0.111. The standard InChI is InChI=1S/C18H17N3O2/c1-12-3-4-14(17-19-9-10-21(17)2)11-16(12)20-18(23)13-5-7-15(22)8-6-13/h3-11,22H,1-2H3,(H,20,23). The van der Waals surface area contributed by atoms with Gasteiger partial charge in [-0.25, -0.2) is 4.98 Å². The maximum Gasteiger partial charge on any atom is 0.255 e. The van der Waals surface area contributed by atoms with Crippen LogP contribution in [0.5, 0.6) is 5.75 Å². The molecule has 2 N–H and O–H groups in total. The van der Waals surface area contributed by atoms with Gasteiger partial charge in [-0.1, -0.05) is 12.1 Å². The molecule has 0 spiro atoms. The molecule has 0 saturated heterocycles. The molecule has 116 valence electrons. The minimum absolute atomic E-state index is 0.134. The van der Waals surface area contributed by atoms with Crippen molar-refractivity contribution >= 4 is 11.6 Å². The van der Waals surface area contributed by atoms with E-state index in [0.717, 1.165) is 22.6 Å². The molecule has 3 rings (SSSR count). The summed E-state index contributed by atoms with van der Waals surface area (Å²) in [6, 6.07) is 12.0. The largest absolute Gasteiger partial charge is 0.508 e. The van der Waals surface area contributed by atoms with E-state index in [0.29, 0.717) is 5.56 Å². The number of carbonyl (C=O) groups excluding carboxylic acids is 1. The van der Waals surface area contributed by atoms with Gasteiger partial charge >= 0.3 is 0 Å². The van der Waals surface area contributed by atoms with E-state index in [2.05, 4.69) is 10.3 Å². The van der Waals surface area contributed by atoms with E-state index >= 15 is 0 Å². The molecular formula is C18H17N3O2. The van der Waals surface area contributed by atoms with Gasteiger partial charge in [0.1, 0.15) is 11.6 Å². The molecule has 2 aromatic carbocycles. The number of nitrogens with one attached hydrogen (secondary N) is 1. The maximum absolute atomic E-state index is 12.3. The Kier molecular flexibility index (Phi) is 3.85. The molecular weight excluding hydrogens is 290 g/mol. The number of phenols is 1. The zero-order valence-corrected chi connectivity index (χ0v) is 12.9. The van der Waals surface area contributed by atoms with Crippen LogP contribution in [0.2, 0.25) is 0 Å². The Morgan fingerprint density at radius 1 is 1.17 bits per heavy atom. The van der Waals surface area contributed by atoms with Gasteiger partial charge in [-0.15, -0.1) is 0 Å². The quantitative estimate of drug-likeness (QED) is 0.779. The highest BCUT2D eigenvalue weighted by Crippen LogP contribution is 2.24. The Balaban J connectivity index is 1.89. The van der Waals surface area contributed by atoms with E-state index in [4.69, 9.17) is 0 Å². The van der Waals surface area contributed by atoms with E-state index in [9.17, 15) is 9.90 Å². The fourth-order valence-electron chi connectivity index (χ4n) is 2.35. The number of aromatic hydroxyl groups is 1. The van der Waals surface area contributed by atoms with Crippen LogP contribution in [-0.2, 0) is 7.05 Å². The molecule has 1 amide bonds. The molecule has 5 heteroatoms. The molecule has 23 heavy (non-hydrogen) atoms. The number of imidazole rings is 1. The van der Waals surface area contributed by atoms with Crippen LogP contribution in [0, 0.1) is 6.92 Å². The first-order valence-corrected chi connectivity index (χ1v) is 7.23. The molecule has 0 radical (unpaired) electrons. The van der Waals surface area contributed by atoms with Crippen LogP contribution in [0.15, 0.2) is 54.9 Å². The van der Waals surface area contributed by atoms with Gasteiger partial charge in [-0.3, -0.25) is 4.79 Å². The second kappa shape index (κ2) is 5.96. The SMILES string of the molecule is Cc1ccc(-c2nccn2C)cc1NC(=O)c1ccc(O)cc1. The highest BCUT2D eigenvalue weighted by Gasteiger charge is 2.10. The summed E-state index contributed by atoms with van der Waals surface area (Å²) in [7, 11) is 1.93. The number of nitrogens with zero attached hydrogens (tertiary/aromatic N) is 2. The van der Waals surface area contributed by atoms with Crippen molar-refractivity contribution in [2.24, 2.45) is 7.05 Å². The first-order valence-electron chi connectivity index (χ1n) is 7.23. The Morgan fingerprint density at radius 3 is 2.57 bits per heavy atom. The number of hydrogen-bond acceptors (Lipinski definition) is 3. The summed E-state index contributed by atoms with van der Waals surface area (Å²) < 4.78 is 1.93. The molecule has 5 nitrogen and oxygen atoms in total. The predicted molar refractivity (Wildman–Crippen MR) is 89.4 cm³/mol. The van der Waals surface area contributed by atoms with Gasteiger partial charge in [0, 0.05) is 36.3 Å². The third-order valence-corrected chi connectivity index (χ3v) is 3.69.